The largest absolute Gasteiger partial charge is 0.480 e. The first-order valence-corrected chi connectivity index (χ1v) is 7.41. The maximum atomic E-state index is 5.32. The number of imidazole rings is 1. The third-order valence-electron chi connectivity index (χ3n) is 3.37. The van der Waals surface area contributed by atoms with Crippen molar-refractivity contribution in [3.8, 4) is 23.1 Å². The molecule has 0 amide bonds. The molecule has 0 radical (unpaired) electrons. The van der Waals surface area contributed by atoms with E-state index in [4.69, 9.17) is 9.47 Å². The molecule has 0 bridgehead atoms. The second-order valence-corrected chi connectivity index (χ2v) is 5.63. The summed E-state index contributed by atoms with van der Waals surface area (Å²) < 4.78 is 12.1. The topological polar surface area (TPSA) is 74.4 Å². The van der Waals surface area contributed by atoms with Gasteiger partial charge in [0.2, 0.25) is 5.88 Å². The quantitative estimate of drug-likeness (QED) is 0.720. The minimum atomic E-state index is 0.258. The van der Waals surface area contributed by atoms with E-state index in [1.165, 1.54) is 7.11 Å². The Hall–Kier alpha value is -2.70. The number of hydrogen-bond acceptors (Lipinski definition) is 6. The Morgan fingerprint density at radius 3 is 2.65 bits per heavy atom. The first kappa shape index (κ1) is 15.2. The molecular formula is C16H19N5O2. The number of aromatic nitrogens is 5. The number of ether oxygens (including phenoxy) is 2. The van der Waals surface area contributed by atoms with E-state index < -0.39 is 0 Å². The number of fused-ring (bicyclic) bond motifs is 1. The number of rotatable bonds is 5. The molecule has 0 atom stereocenters. The summed E-state index contributed by atoms with van der Waals surface area (Å²) in [5.41, 5.74) is 3.26. The van der Waals surface area contributed by atoms with Crippen molar-refractivity contribution in [2.75, 3.05) is 14.2 Å². The highest BCUT2D eigenvalue weighted by Gasteiger charge is 2.13. The van der Waals surface area contributed by atoms with Gasteiger partial charge in [-0.05, 0) is 24.5 Å². The number of methoxy groups -OCH3 is 2. The Kier molecular flexibility index (Phi) is 4.10. The minimum absolute atomic E-state index is 0.258. The summed E-state index contributed by atoms with van der Waals surface area (Å²) in [7, 11) is 3.07. The lowest BCUT2D eigenvalue weighted by Gasteiger charge is -2.07. The van der Waals surface area contributed by atoms with Gasteiger partial charge in [0.25, 0.3) is 0 Å². The Balaban J connectivity index is 2.03. The van der Waals surface area contributed by atoms with Crippen LogP contribution in [0.2, 0.25) is 0 Å². The molecule has 23 heavy (non-hydrogen) atoms. The van der Waals surface area contributed by atoms with Gasteiger partial charge in [-0.1, -0.05) is 13.8 Å². The average Bonchev–Trinajstić information content (AvgIpc) is 2.94. The normalized spacial score (nSPS) is 11.2. The van der Waals surface area contributed by atoms with Crippen LogP contribution in [0.15, 0.2) is 24.5 Å². The second-order valence-electron chi connectivity index (χ2n) is 5.63. The minimum Gasteiger partial charge on any atom is -0.480 e. The van der Waals surface area contributed by atoms with Gasteiger partial charge in [0.05, 0.1) is 37.4 Å². The SMILES string of the molecule is COc1ncc(-c2ccc3nc(CC(C)C)cn3n2)c(OC)n1. The molecule has 3 rings (SSSR count). The van der Waals surface area contributed by atoms with Gasteiger partial charge >= 0.3 is 6.01 Å². The average molecular weight is 313 g/mol. The van der Waals surface area contributed by atoms with Crippen molar-refractivity contribution in [3.05, 3.63) is 30.2 Å². The zero-order chi connectivity index (χ0) is 16.4. The van der Waals surface area contributed by atoms with Gasteiger partial charge in [0, 0.05) is 6.20 Å². The Morgan fingerprint density at radius 2 is 1.96 bits per heavy atom. The molecule has 3 aromatic heterocycles. The molecule has 0 saturated carbocycles. The summed E-state index contributed by atoms with van der Waals surface area (Å²) in [4.78, 5) is 12.9. The predicted octanol–water partition coefficient (Wildman–Crippen LogP) is 2.40. The van der Waals surface area contributed by atoms with Gasteiger partial charge in [-0.3, -0.25) is 0 Å². The third kappa shape index (κ3) is 3.08. The lowest BCUT2D eigenvalue weighted by molar-refractivity contribution is 0.353. The zero-order valence-corrected chi connectivity index (χ0v) is 13.6. The van der Waals surface area contributed by atoms with E-state index in [1.54, 1.807) is 17.8 Å². The van der Waals surface area contributed by atoms with Crippen molar-refractivity contribution in [2.45, 2.75) is 20.3 Å². The van der Waals surface area contributed by atoms with E-state index in [2.05, 4.69) is 33.9 Å². The lowest BCUT2D eigenvalue weighted by Crippen LogP contribution is -2.00. The molecule has 0 spiro atoms. The van der Waals surface area contributed by atoms with Crippen LogP contribution < -0.4 is 9.47 Å². The fourth-order valence-electron chi connectivity index (χ4n) is 2.37. The summed E-state index contributed by atoms with van der Waals surface area (Å²) in [6.45, 7) is 4.34. The van der Waals surface area contributed by atoms with Gasteiger partial charge < -0.3 is 9.47 Å². The van der Waals surface area contributed by atoms with Crippen LogP contribution in [0.4, 0.5) is 0 Å². The van der Waals surface area contributed by atoms with E-state index in [9.17, 15) is 0 Å². The van der Waals surface area contributed by atoms with Crippen molar-refractivity contribution in [2.24, 2.45) is 5.92 Å². The molecule has 3 heterocycles. The summed E-state index contributed by atoms with van der Waals surface area (Å²) in [5.74, 6) is 0.973. The summed E-state index contributed by atoms with van der Waals surface area (Å²) in [5, 5.41) is 4.59. The van der Waals surface area contributed by atoms with E-state index in [1.807, 2.05) is 18.3 Å². The van der Waals surface area contributed by atoms with Crippen LogP contribution in [-0.4, -0.2) is 38.8 Å². The van der Waals surface area contributed by atoms with E-state index in [0.717, 1.165) is 17.8 Å². The summed E-state index contributed by atoms with van der Waals surface area (Å²) in [6, 6.07) is 4.07. The highest BCUT2D eigenvalue weighted by Crippen LogP contribution is 2.27. The zero-order valence-electron chi connectivity index (χ0n) is 13.6. The Bertz CT molecular complexity index is 828. The van der Waals surface area contributed by atoms with Crippen molar-refractivity contribution in [3.63, 3.8) is 0 Å². The molecule has 0 aromatic carbocycles. The van der Waals surface area contributed by atoms with E-state index >= 15 is 0 Å². The van der Waals surface area contributed by atoms with Crippen molar-refractivity contribution < 1.29 is 9.47 Å². The highest BCUT2D eigenvalue weighted by atomic mass is 16.5. The molecule has 0 aliphatic heterocycles. The summed E-state index contributed by atoms with van der Waals surface area (Å²) >= 11 is 0. The lowest BCUT2D eigenvalue weighted by atomic mass is 10.1. The molecule has 7 heteroatoms. The molecular weight excluding hydrogens is 294 g/mol. The van der Waals surface area contributed by atoms with Crippen molar-refractivity contribution in [1.82, 2.24) is 24.6 Å². The molecule has 3 aromatic rings. The van der Waals surface area contributed by atoms with Gasteiger partial charge in [-0.2, -0.15) is 10.1 Å². The van der Waals surface area contributed by atoms with Crippen molar-refractivity contribution >= 4 is 5.65 Å². The van der Waals surface area contributed by atoms with Crippen LogP contribution in [0.25, 0.3) is 16.9 Å². The molecule has 0 saturated heterocycles. The second kappa shape index (κ2) is 6.20. The van der Waals surface area contributed by atoms with Gasteiger partial charge in [0.15, 0.2) is 5.65 Å². The molecule has 0 aliphatic carbocycles. The predicted molar refractivity (Wildman–Crippen MR) is 85.7 cm³/mol. The van der Waals surface area contributed by atoms with Crippen LogP contribution in [-0.2, 0) is 6.42 Å². The molecule has 0 aliphatic rings. The number of nitrogens with zero attached hydrogens (tertiary/aromatic N) is 5. The van der Waals surface area contributed by atoms with Crippen LogP contribution in [0.3, 0.4) is 0 Å². The summed E-state index contributed by atoms with van der Waals surface area (Å²) in [6.07, 6.45) is 4.52. The number of hydrogen-bond donors (Lipinski definition) is 0. The molecule has 0 N–H and O–H groups in total. The first-order valence-electron chi connectivity index (χ1n) is 7.41. The first-order chi connectivity index (χ1) is 11.1. The molecule has 7 nitrogen and oxygen atoms in total. The van der Waals surface area contributed by atoms with Crippen molar-refractivity contribution in [1.29, 1.82) is 0 Å². The van der Waals surface area contributed by atoms with Gasteiger partial charge in [-0.25, -0.2) is 14.5 Å². The fourth-order valence-corrected chi connectivity index (χ4v) is 2.37. The smallest absolute Gasteiger partial charge is 0.319 e. The van der Waals surface area contributed by atoms with Crippen LogP contribution in [0.5, 0.6) is 11.9 Å². The Morgan fingerprint density at radius 1 is 1.13 bits per heavy atom. The van der Waals surface area contributed by atoms with Gasteiger partial charge in [0.1, 0.15) is 0 Å². The highest BCUT2D eigenvalue weighted by molar-refractivity contribution is 5.64. The van der Waals surface area contributed by atoms with E-state index in [-0.39, 0.29) is 6.01 Å². The maximum absolute atomic E-state index is 5.32. The van der Waals surface area contributed by atoms with Crippen LogP contribution in [0, 0.1) is 5.92 Å². The van der Waals surface area contributed by atoms with E-state index in [0.29, 0.717) is 23.1 Å². The maximum Gasteiger partial charge on any atom is 0.319 e. The fraction of sp³-hybridized carbons (Fsp3) is 0.375. The molecule has 0 unspecified atom stereocenters. The van der Waals surface area contributed by atoms with Crippen LogP contribution >= 0.6 is 0 Å². The van der Waals surface area contributed by atoms with Crippen LogP contribution in [0.1, 0.15) is 19.5 Å². The monoisotopic (exact) mass is 313 g/mol. The van der Waals surface area contributed by atoms with Gasteiger partial charge in [-0.15, -0.1) is 0 Å². The third-order valence-corrected chi connectivity index (χ3v) is 3.37. The molecule has 120 valence electrons. The molecule has 0 fully saturated rings. The standard InChI is InChI=1S/C16H19N5O2/c1-10(2)7-11-9-21-14(18-11)6-5-13(20-21)12-8-17-16(23-4)19-15(12)22-3/h5-6,8-10H,7H2,1-4H3. The Labute approximate surface area is 134 Å².